The molecule has 3 heteroatoms. The van der Waals surface area contributed by atoms with Crippen LogP contribution in [0, 0.1) is 6.92 Å². The van der Waals surface area contributed by atoms with Crippen LogP contribution in [0.3, 0.4) is 0 Å². The minimum atomic E-state index is 0.784. The second-order valence-electron chi connectivity index (χ2n) is 4.43. The summed E-state index contributed by atoms with van der Waals surface area (Å²) in [5, 5.41) is 1.05. The number of hydrogen-bond acceptors (Lipinski definition) is 3. The van der Waals surface area contributed by atoms with Gasteiger partial charge >= 0.3 is 0 Å². The van der Waals surface area contributed by atoms with Crippen molar-refractivity contribution in [2.45, 2.75) is 6.92 Å². The van der Waals surface area contributed by atoms with Crippen LogP contribution in [0.2, 0.25) is 0 Å². The van der Waals surface area contributed by atoms with Crippen molar-refractivity contribution in [3.05, 3.63) is 60.3 Å². The van der Waals surface area contributed by atoms with Gasteiger partial charge in [0.25, 0.3) is 0 Å². The maximum Gasteiger partial charge on any atom is 0.124 e. The molecule has 0 aliphatic heterocycles. The number of hydrogen-bond donors (Lipinski definition) is 1. The van der Waals surface area contributed by atoms with Crippen molar-refractivity contribution in [2.24, 2.45) is 0 Å². The molecule has 1 heterocycles. The van der Waals surface area contributed by atoms with E-state index in [-0.39, 0.29) is 0 Å². The standard InChI is InChI=1S/C16H14N2S/c1-11-15(13-8-5-9-14(17)10-13)19-16(18-11)12-6-3-2-4-7-12/h2-10H,17H2,1H3. The lowest BCUT2D eigenvalue weighted by atomic mass is 10.1. The summed E-state index contributed by atoms with van der Waals surface area (Å²) in [6.45, 7) is 2.04. The molecule has 0 unspecified atom stereocenters. The Bertz CT molecular complexity index is 702. The number of thiazole rings is 1. The highest BCUT2D eigenvalue weighted by molar-refractivity contribution is 7.18. The summed E-state index contributed by atoms with van der Waals surface area (Å²) < 4.78 is 0. The summed E-state index contributed by atoms with van der Waals surface area (Å²) in [6.07, 6.45) is 0. The minimum absolute atomic E-state index is 0.784. The zero-order valence-corrected chi connectivity index (χ0v) is 11.4. The van der Waals surface area contributed by atoms with Crippen LogP contribution in [0.1, 0.15) is 5.69 Å². The first-order valence-corrected chi connectivity index (χ1v) is 6.94. The Morgan fingerprint density at radius 2 is 1.68 bits per heavy atom. The predicted molar refractivity (Wildman–Crippen MR) is 82.1 cm³/mol. The number of aromatic nitrogens is 1. The van der Waals surface area contributed by atoms with Crippen molar-refractivity contribution in [1.29, 1.82) is 0 Å². The third-order valence-corrected chi connectivity index (χ3v) is 4.22. The van der Waals surface area contributed by atoms with Gasteiger partial charge < -0.3 is 5.73 Å². The molecular weight excluding hydrogens is 252 g/mol. The highest BCUT2D eigenvalue weighted by Crippen LogP contribution is 2.35. The molecule has 94 valence electrons. The average molecular weight is 266 g/mol. The summed E-state index contributed by atoms with van der Waals surface area (Å²) >= 11 is 1.71. The second kappa shape index (κ2) is 4.86. The first-order chi connectivity index (χ1) is 9.24. The number of nitrogens with zero attached hydrogens (tertiary/aromatic N) is 1. The van der Waals surface area contributed by atoms with Crippen molar-refractivity contribution in [2.75, 3.05) is 5.73 Å². The van der Waals surface area contributed by atoms with Crippen LogP contribution in [0.5, 0.6) is 0 Å². The fourth-order valence-corrected chi connectivity index (χ4v) is 3.12. The SMILES string of the molecule is Cc1nc(-c2ccccc2)sc1-c1cccc(N)c1. The molecule has 0 radical (unpaired) electrons. The normalized spacial score (nSPS) is 10.6. The van der Waals surface area contributed by atoms with Crippen LogP contribution < -0.4 is 5.73 Å². The van der Waals surface area contributed by atoms with Gasteiger partial charge in [-0.2, -0.15) is 0 Å². The van der Waals surface area contributed by atoms with Gasteiger partial charge in [0.15, 0.2) is 0 Å². The third-order valence-electron chi connectivity index (χ3n) is 2.97. The van der Waals surface area contributed by atoms with Gasteiger partial charge in [-0.1, -0.05) is 42.5 Å². The molecule has 0 saturated carbocycles. The molecule has 2 N–H and O–H groups in total. The summed E-state index contributed by atoms with van der Waals surface area (Å²) in [6, 6.07) is 18.2. The number of benzene rings is 2. The Labute approximate surface area is 116 Å². The first kappa shape index (κ1) is 11.9. The van der Waals surface area contributed by atoms with E-state index in [0.717, 1.165) is 27.5 Å². The van der Waals surface area contributed by atoms with Gasteiger partial charge in [-0.25, -0.2) is 4.98 Å². The number of aryl methyl sites for hydroxylation is 1. The van der Waals surface area contributed by atoms with Gasteiger partial charge in [0.1, 0.15) is 5.01 Å². The first-order valence-electron chi connectivity index (χ1n) is 6.13. The van der Waals surface area contributed by atoms with Crippen molar-refractivity contribution >= 4 is 17.0 Å². The average Bonchev–Trinajstić information content (AvgIpc) is 2.82. The van der Waals surface area contributed by atoms with Crippen molar-refractivity contribution in [3.63, 3.8) is 0 Å². The third kappa shape index (κ3) is 2.37. The summed E-state index contributed by atoms with van der Waals surface area (Å²) in [4.78, 5) is 5.85. The van der Waals surface area contributed by atoms with Crippen LogP contribution >= 0.6 is 11.3 Å². The van der Waals surface area contributed by atoms with Crippen molar-refractivity contribution in [3.8, 4) is 21.0 Å². The van der Waals surface area contributed by atoms with Gasteiger partial charge in [-0.05, 0) is 24.6 Å². The molecule has 19 heavy (non-hydrogen) atoms. The zero-order valence-electron chi connectivity index (χ0n) is 10.6. The number of nitrogens with two attached hydrogens (primary N) is 1. The Morgan fingerprint density at radius 3 is 2.42 bits per heavy atom. The Kier molecular flexibility index (Phi) is 3.05. The number of rotatable bonds is 2. The lowest BCUT2D eigenvalue weighted by Gasteiger charge is -1.99. The molecular formula is C16H14N2S. The van der Waals surface area contributed by atoms with E-state index in [1.165, 1.54) is 4.88 Å². The van der Waals surface area contributed by atoms with Gasteiger partial charge in [-0.15, -0.1) is 11.3 Å². The van der Waals surface area contributed by atoms with Crippen LogP contribution in [0.25, 0.3) is 21.0 Å². The van der Waals surface area contributed by atoms with E-state index >= 15 is 0 Å². The van der Waals surface area contributed by atoms with E-state index in [2.05, 4.69) is 23.2 Å². The summed E-state index contributed by atoms with van der Waals surface area (Å²) in [5.74, 6) is 0. The number of nitrogen functional groups attached to an aromatic ring is 1. The molecule has 0 fully saturated rings. The molecule has 0 spiro atoms. The van der Waals surface area contributed by atoms with Gasteiger partial charge in [0.05, 0.1) is 10.6 Å². The summed E-state index contributed by atoms with van der Waals surface area (Å²) in [5.41, 5.74) is 9.98. The maximum absolute atomic E-state index is 5.85. The van der Waals surface area contributed by atoms with Crippen LogP contribution in [-0.4, -0.2) is 4.98 Å². The predicted octanol–water partition coefficient (Wildman–Crippen LogP) is 4.37. The smallest absolute Gasteiger partial charge is 0.124 e. The van der Waals surface area contributed by atoms with Crippen molar-refractivity contribution in [1.82, 2.24) is 4.98 Å². The Balaban J connectivity index is 2.08. The van der Waals surface area contributed by atoms with E-state index < -0.39 is 0 Å². The van der Waals surface area contributed by atoms with Crippen LogP contribution in [0.15, 0.2) is 54.6 Å². The maximum atomic E-state index is 5.85. The van der Waals surface area contributed by atoms with E-state index in [1.807, 2.05) is 43.3 Å². The number of anilines is 1. The van der Waals surface area contributed by atoms with E-state index in [4.69, 9.17) is 5.73 Å². The quantitative estimate of drug-likeness (QED) is 0.700. The van der Waals surface area contributed by atoms with Gasteiger partial charge in [0.2, 0.25) is 0 Å². The van der Waals surface area contributed by atoms with Gasteiger partial charge in [0, 0.05) is 11.3 Å². The fraction of sp³-hybridized carbons (Fsp3) is 0.0625. The lowest BCUT2D eigenvalue weighted by Crippen LogP contribution is -1.84. The molecule has 0 saturated heterocycles. The molecule has 0 aliphatic rings. The molecule has 0 bridgehead atoms. The van der Waals surface area contributed by atoms with E-state index in [9.17, 15) is 0 Å². The Hall–Kier alpha value is -2.13. The van der Waals surface area contributed by atoms with Crippen molar-refractivity contribution < 1.29 is 0 Å². The van der Waals surface area contributed by atoms with Gasteiger partial charge in [-0.3, -0.25) is 0 Å². The molecule has 0 atom stereocenters. The lowest BCUT2D eigenvalue weighted by molar-refractivity contribution is 1.27. The molecule has 3 aromatic rings. The highest BCUT2D eigenvalue weighted by atomic mass is 32.1. The second-order valence-corrected chi connectivity index (χ2v) is 5.42. The monoisotopic (exact) mass is 266 g/mol. The van der Waals surface area contributed by atoms with Crippen LogP contribution in [-0.2, 0) is 0 Å². The zero-order chi connectivity index (χ0) is 13.2. The largest absolute Gasteiger partial charge is 0.399 e. The molecule has 3 rings (SSSR count). The Morgan fingerprint density at radius 1 is 0.947 bits per heavy atom. The molecule has 0 amide bonds. The minimum Gasteiger partial charge on any atom is -0.399 e. The summed E-state index contributed by atoms with van der Waals surface area (Å²) in [7, 11) is 0. The van der Waals surface area contributed by atoms with E-state index in [0.29, 0.717) is 0 Å². The van der Waals surface area contributed by atoms with Crippen LogP contribution in [0.4, 0.5) is 5.69 Å². The highest BCUT2D eigenvalue weighted by Gasteiger charge is 2.11. The molecule has 1 aromatic heterocycles. The fourth-order valence-electron chi connectivity index (χ4n) is 2.05. The molecule has 0 aliphatic carbocycles. The topological polar surface area (TPSA) is 38.9 Å². The molecule has 2 nitrogen and oxygen atoms in total. The molecule has 2 aromatic carbocycles. The van der Waals surface area contributed by atoms with E-state index in [1.54, 1.807) is 11.3 Å².